The van der Waals surface area contributed by atoms with Crippen LogP contribution in [0, 0.1) is 31.3 Å². The highest BCUT2D eigenvalue weighted by atomic mass is 19.2. The van der Waals surface area contributed by atoms with Gasteiger partial charge in [0, 0.05) is 5.69 Å². The minimum Gasteiger partial charge on any atom is -0.322 e. The lowest BCUT2D eigenvalue weighted by Crippen LogP contribution is -3.11. The van der Waals surface area contributed by atoms with Gasteiger partial charge in [0.15, 0.2) is 30.5 Å². The van der Waals surface area contributed by atoms with Crippen LogP contribution in [0.5, 0.6) is 0 Å². The second-order valence-electron chi connectivity index (χ2n) is 6.45. The zero-order valence-corrected chi connectivity index (χ0v) is 15.3. The zero-order chi connectivity index (χ0) is 20.1. The lowest BCUT2D eigenvalue weighted by molar-refractivity contribution is -0.862. The molecule has 0 bridgehead atoms. The number of quaternary nitrogens is 1. The van der Waals surface area contributed by atoms with Gasteiger partial charge in [-0.25, -0.2) is 13.2 Å². The number of amides is 2. The van der Waals surface area contributed by atoms with Crippen molar-refractivity contribution in [3.63, 3.8) is 0 Å². The van der Waals surface area contributed by atoms with Crippen molar-refractivity contribution in [1.82, 2.24) is 0 Å². The summed E-state index contributed by atoms with van der Waals surface area (Å²) in [6.45, 7) is 3.67. The molecule has 0 aliphatic rings. The molecule has 144 valence electrons. The number of halogens is 3. The molecule has 1 unspecified atom stereocenters. The second kappa shape index (κ2) is 8.68. The molecule has 0 aliphatic carbocycles. The van der Waals surface area contributed by atoms with Gasteiger partial charge in [0.05, 0.1) is 12.7 Å². The van der Waals surface area contributed by atoms with Crippen molar-refractivity contribution in [3.05, 3.63) is 58.9 Å². The first-order valence-corrected chi connectivity index (χ1v) is 8.29. The molecule has 0 spiro atoms. The molecule has 0 aromatic heterocycles. The number of carbonyl (C=O) groups excluding carboxylic acids is 2. The molecule has 2 amide bonds. The maximum Gasteiger partial charge on any atom is 0.279 e. The van der Waals surface area contributed by atoms with E-state index in [1.54, 1.807) is 13.1 Å². The third kappa shape index (κ3) is 5.55. The largest absolute Gasteiger partial charge is 0.322 e. The number of hydrogen-bond acceptors (Lipinski definition) is 2. The highest BCUT2D eigenvalue weighted by molar-refractivity contribution is 5.93. The Morgan fingerprint density at radius 2 is 1.44 bits per heavy atom. The maximum atomic E-state index is 13.6. The molecule has 2 rings (SSSR count). The summed E-state index contributed by atoms with van der Waals surface area (Å²) >= 11 is 0. The zero-order valence-electron chi connectivity index (χ0n) is 15.3. The summed E-state index contributed by atoms with van der Waals surface area (Å²) in [6.07, 6.45) is 0. The van der Waals surface area contributed by atoms with E-state index in [9.17, 15) is 22.8 Å². The van der Waals surface area contributed by atoms with E-state index in [-0.39, 0.29) is 19.0 Å². The molecule has 3 N–H and O–H groups in total. The summed E-state index contributed by atoms with van der Waals surface area (Å²) in [5, 5.41) is 4.95. The van der Waals surface area contributed by atoms with E-state index >= 15 is 0 Å². The van der Waals surface area contributed by atoms with Crippen molar-refractivity contribution in [1.29, 1.82) is 0 Å². The van der Waals surface area contributed by atoms with Crippen LogP contribution >= 0.6 is 0 Å². The highest BCUT2D eigenvalue weighted by Crippen LogP contribution is 2.19. The Kier molecular flexibility index (Phi) is 6.57. The smallest absolute Gasteiger partial charge is 0.279 e. The van der Waals surface area contributed by atoms with Crippen LogP contribution in [0.3, 0.4) is 0 Å². The summed E-state index contributed by atoms with van der Waals surface area (Å²) in [4.78, 5) is 24.6. The van der Waals surface area contributed by atoms with Crippen LogP contribution in [0.25, 0.3) is 0 Å². The standard InChI is InChI=1S/C19H20F3N3O2/c1-11-4-6-14(12(2)8-11)23-16(26)9-25(3)10-17(27)24-15-7-5-13(20)18(21)19(15)22/h4-8H,9-10H2,1-3H3,(H,23,26)(H,24,27)/p+1. The minimum absolute atomic E-state index is 0.000990. The second-order valence-corrected chi connectivity index (χ2v) is 6.45. The molecule has 1 atom stereocenters. The predicted octanol–water partition coefficient (Wildman–Crippen LogP) is 1.81. The number of likely N-dealkylation sites (N-methyl/N-ethyl adjacent to an activating group) is 1. The first-order valence-electron chi connectivity index (χ1n) is 8.29. The number of carbonyl (C=O) groups is 2. The topological polar surface area (TPSA) is 62.6 Å². The Morgan fingerprint density at radius 3 is 2.04 bits per heavy atom. The maximum absolute atomic E-state index is 13.6. The van der Waals surface area contributed by atoms with E-state index in [0.717, 1.165) is 23.3 Å². The van der Waals surface area contributed by atoms with E-state index in [1.807, 2.05) is 26.0 Å². The van der Waals surface area contributed by atoms with E-state index in [1.165, 1.54) is 0 Å². The van der Waals surface area contributed by atoms with Gasteiger partial charge in [0.2, 0.25) is 0 Å². The van der Waals surface area contributed by atoms with Crippen LogP contribution in [-0.4, -0.2) is 32.0 Å². The summed E-state index contributed by atoms with van der Waals surface area (Å²) in [7, 11) is 1.61. The molecular formula is C19H21F3N3O2+. The lowest BCUT2D eigenvalue weighted by atomic mass is 10.1. The lowest BCUT2D eigenvalue weighted by Gasteiger charge is -2.15. The summed E-state index contributed by atoms with van der Waals surface area (Å²) < 4.78 is 39.7. The van der Waals surface area contributed by atoms with Gasteiger partial charge in [-0.05, 0) is 37.6 Å². The molecule has 5 nitrogen and oxygen atoms in total. The summed E-state index contributed by atoms with van der Waals surface area (Å²) in [6, 6.07) is 7.28. The Bertz CT molecular complexity index is 872. The molecule has 8 heteroatoms. The van der Waals surface area contributed by atoms with Crippen LogP contribution in [0.4, 0.5) is 24.5 Å². The van der Waals surface area contributed by atoms with Gasteiger partial charge >= 0.3 is 0 Å². The highest BCUT2D eigenvalue weighted by Gasteiger charge is 2.18. The van der Waals surface area contributed by atoms with Crippen molar-refractivity contribution in [2.75, 3.05) is 30.8 Å². The van der Waals surface area contributed by atoms with E-state index in [4.69, 9.17) is 0 Å². The Balaban J connectivity index is 1.89. The Labute approximate surface area is 155 Å². The minimum atomic E-state index is -1.65. The van der Waals surface area contributed by atoms with Gasteiger partial charge in [0.1, 0.15) is 0 Å². The van der Waals surface area contributed by atoms with Crippen molar-refractivity contribution >= 4 is 23.2 Å². The molecule has 0 saturated carbocycles. The van der Waals surface area contributed by atoms with Crippen molar-refractivity contribution < 1.29 is 27.7 Å². The molecule has 27 heavy (non-hydrogen) atoms. The fourth-order valence-electron chi connectivity index (χ4n) is 2.58. The van der Waals surface area contributed by atoms with Crippen LogP contribution in [0.15, 0.2) is 30.3 Å². The van der Waals surface area contributed by atoms with Crippen LogP contribution < -0.4 is 15.5 Å². The monoisotopic (exact) mass is 380 g/mol. The van der Waals surface area contributed by atoms with E-state index in [2.05, 4.69) is 10.6 Å². The van der Waals surface area contributed by atoms with E-state index in [0.29, 0.717) is 10.6 Å². The predicted molar refractivity (Wildman–Crippen MR) is 96.1 cm³/mol. The molecule has 0 heterocycles. The molecule has 0 radical (unpaired) electrons. The molecule has 2 aromatic carbocycles. The number of rotatable bonds is 6. The normalized spacial score (nSPS) is 11.8. The summed E-state index contributed by atoms with van der Waals surface area (Å²) in [5.41, 5.74) is 2.24. The molecule has 0 aliphatic heterocycles. The average molecular weight is 380 g/mol. The molecule has 2 aromatic rings. The molecule has 0 fully saturated rings. The number of nitrogens with one attached hydrogen (secondary N) is 3. The van der Waals surface area contributed by atoms with Crippen LogP contribution in [0.1, 0.15) is 11.1 Å². The number of aryl methyl sites for hydroxylation is 2. The van der Waals surface area contributed by atoms with Gasteiger partial charge in [-0.2, -0.15) is 0 Å². The van der Waals surface area contributed by atoms with Crippen molar-refractivity contribution in [3.8, 4) is 0 Å². The van der Waals surface area contributed by atoms with Crippen molar-refractivity contribution in [2.24, 2.45) is 0 Å². The van der Waals surface area contributed by atoms with Gasteiger partial charge in [-0.3, -0.25) is 9.59 Å². The van der Waals surface area contributed by atoms with Gasteiger partial charge in [0.25, 0.3) is 11.8 Å². The number of hydrogen-bond donors (Lipinski definition) is 3. The summed E-state index contributed by atoms with van der Waals surface area (Å²) in [5.74, 6) is -5.37. The number of anilines is 2. The first-order chi connectivity index (χ1) is 12.7. The Hall–Kier alpha value is -2.87. The van der Waals surface area contributed by atoms with Crippen LogP contribution in [0.2, 0.25) is 0 Å². The van der Waals surface area contributed by atoms with Gasteiger partial charge in [-0.15, -0.1) is 0 Å². The van der Waals surface area contributed by atoms with Crippen molar-refractivity contribution in [2.45, 2.75) is 13.8 Å². The average Bonchev–Trinajstić information content (AvgIpc) is 2.57. The van der Waals surface area contributed by atoms with Gasteiger partial charge in [-0.1, -0.05) is 17.7 Å². The third-order valence-electron chi connectivity index (χ3n) is 3.89. The first kappa shape index (κ1) is 20.4. The number of benzene rings is 2. The molecular weight excluding hydrogens is 359 g/mol. The SMILES string of the molecule is Cc1ccc(NC(=O)C[NH+](C)CC(=O)Nc2ccc(F)c(F)c2F)c(C)c1. The molecule has 0 saturated heterocycles. The fraction of sp³-hybridized carbons (Fsp3) is 0.263. The fourth-order valence-corrected chi connectivity index (χ4v) is 2.58. The van der Waals surface area contributed by atoms with Gasteiger partial charge < -0.3 is 15.5 Å². The van der Waals surface area contributed by atoms with E-state index < -0.39 is 29.0 Å². The van der Waals surface area contributed by atoms with Crippen LogP contribution in [-0.2, 0) is 9.59 Å². The quantitative estimate of drug-likeness (QED) is 0.670. The Morgan fingerprint density at radius 1 is 0.889 bits per heavy atom. The third-order valence-corrected chi connectivity index (χ3v) is 3.89.